The molecule has 3 aromatic carbocycles. The maximum Gasteiger partial charge on any atom is 0.328 e. The minimum Gasteiger partial charge on any atom is -0.424 e. The van der Waals surface area contributed by atoms with Crippen LogP contribution >= 0.6 is 0 Å². The molecule has 1 N–H and O–H groups in total. The summed E-state index contributed by atoms with van der Waals surface area (Å²) in [5.74, 6) is 1.21. The Morgan fingerprint density at radius 1 is 0.943 bits per heavy atom. The number of aryl methyl sites for hydroxylation is 1. The van der Waals surface area contributed by atoms with Crippen LogP contribution in [0.3, 0.4) is 0 Å². The predicted octanol–water partition coefficient (Wildman–Crippen LogP) is 4.59. The van der Waals surface area contributed by atoms with E-state index >= 15 is 0 Å². The first kappa shape index (κ1) is 22.0. The van der Waals surface area contributed by atoms with Crippen molar-refractivity contribution in [1.29, 1.82) is 0 Å². The second-order valence-corrected chi connectivity index (χ2v) is 7.75. The molecule has 0 aliphatic carbocycles. The van der Waals surface area contributed by atoms with Crippen molar-refractivity contribution in [3.63, 3.8) is 0 Å². The number of ether oxygens (including phenoxy) is 1. The van der Waals surface area contributed by atoms with Crippen molar-refractivity contribution in [1.82, 2.24) is 25.3 Å². The number of anilines is 2. The molecule has 5 aromatic rings. The monoisotopic (exact) mass is 466 g/mol. The Balaban J connectivity index is 1.42. The van der Waals surface area contributed by atoms with Crippen molar-refractivity contribution in [3.8, 4) is 11.8 Å². The molecule has 10 heteroatoms. The molecule has 0 aliphatic rings. The van der Waals surface area contributed by atoms with Crippen LogP contribution in [0.1, 0.15) is 17.0 Å². The molecule has 0 amide bonds. The van der Waals surface area contributed by atoms with Gasteiger partial charge in [-0.3, -0.25) is 0 Å². The van der Waals surface area contributed by atoms with E-state index in [4.69, 9.17) is 9.37 Å². The summed E-state index contributed by atoms with van der Waals surface area (Å²) in [5.41, 5.74) is 5.25. The third-order valence-electron chi connectivity index (χ3n) is 5.22. The number of rotatable bonds is 8. The zero-order valence-electron chi connectivity index (χ0n) is 19.2. The minimum atomic E-state index is 0.130. The molecular formula is C25H22N8O2. The van der Waals surface area contributed by atoms with Gasteiger partial charge in [0.15, 0.2) is 0 Å². The number of hydrogen-bond acceptors (Lipinski definition) is 10. The third-order valence-corrected chi connectivity index (χ3v) is 5.22. The van der Waals surface area contributed by atoms with Crippen molar-refractivity contribution in [2.24, 2.45) is 5.10 Å². The van der Waals surface area contributed by atoms with E-state index in [1.807, 2.05) is 68.6 Å². The highest BCUT2D eigenvalue weighted by Crippen LogP contribution is 2.22. The van der Waals surface area contributed by atoms with Crippen LogP contribution in [0.15, 0.2) is 82.5 Å². The highest BCUT2D eigenvalue weighted by atomic mass is 16.6. The van der Waals surface area contributed by atoms with Crippen molar-refractivity contribution in [2.75, 3.05) is 17.4 Å². The van der Waals surface area contributed by atoms with Crippen LogP contribution in [0.25, 0.3) is 10.8 Å². The predicted molar refractivity (Wildman–Crippen MR) is 133 cm³/mol. The number of nitrogens with one attached hydrogen (secondary N) is 1. The zero-order chi connectivity index (χ0) is 24.0. The lowest BCUT2D eigenvalue weighted by molar-refractivity contribution is 0.301. The minimum absolute atomic E-state index is 0.130. The Labute approximate surface area is 201 Å². The molecule has 0 fully saturated rings. The molecule has 35 heavy (non-hydrogen) atoms. The van der Waals surface area contributed by atoms with E-state index in [-0.39, 0.29) is 12.0 Å². The Bertz CT molecular complexity index is 1460. The Kier molecular flexibility index (Phi) is 6.25. The summed E-state index contributed by atoms with van der Waals surface area (Å²) < 4.78 is 10.7. The average molecular weight is 467 g/mol. The summed E-state index contributed by atoms with van der Waals surface area (Å²) in [6, 6.07) is 23.6. The smallest absolute Gasteiger partial charge is 0.328 e. The number of hydrogen-bond donors (Lipinski definition) is 1. The first-order valence-electron chi connectivity index (χ1n) is 10.9. The summed E-state index contributed by atoms with van der Waals surface area (Å²) in [5, 5.41) is 14.4. The largest absolute Gasteiger partial charge is 0.424 e. The van der Waals surface area contributed by atoms with Gasteiger partial charge >= 0.3 is 6.01 Å². The van der Waals surface area contributed by atoms with Gasteiger partial charge in [-0.1, -0.05) is 71.0 Å². The van der Waals surface area contributed by atoms with Crippen molar-refractivity contribution in [3.05, 3.63) is 89.7 Å². The van der Waals surface area contributed by atoms with Crippen LogP contribution in [0.5, 0.6) is 11.8 Å². The summed E-state index contributed by atoms with van der Waals surface area (Å²) in [6.07, 6.45) is 1.73. The number of fused-ring (bicyclic) bond motifs is 1. The lowest BCUT2D eigenvalue weighted by atomic mass is 10.1. The van der Waals surface area contributed by atoms with E-state index in [0.29, 0.717) is 29.6 Å². The van der Waals surface area contributed by atoms with Crippen LogP contribution in [0.4, 0.5) is 11.9 Å². The first-order chi connectivity index (χ1) is 17.2. The summed E-state index contributed by atoms with van der Waals surface area (Å²) in [6.45, 7) is 2.22. The Morgan fingerprint density at radius 2 is 1.74 bits per heavy atom. The number of para-hydroxylation sites is 1. The molecule has 10 nitrogen and oxygen atoms in total. The van der Waals surface area contributed by atoms with Gasteiger partial charge in [-0.05, 0) is 29.8 Å². The van der Waals surface area contributed by atoms with Gasteiger partial charge in [-0.25, -0.2) is 10.1 Å². The van der Waals surface area contributed by atoms with Crippen molar-refractivity contribution < 1.29 is 9.37 Å². The highest BCUT2D eigenvalue weighted by Gasteiger charge is 2.15. The third kappa shape index (κ3) is 5.22. The van der Waals surface area contributed by atoms with Crippen LogP contribution < -0.4 is 15.1 Å². The fourth-order valence-corrected chi connectivity index (χ4v) is 3.42. The standard InChI is InChI=1S/C25H22N8O2/c1-17-22(32-35-31-17)16-33(2)24-27-23(28-25(29-24)34-20-12-4-3-5-13-20)30-26-15-19-11-8-10-18-9-6-7-14-21(18)19/h3-15H,16H2,1-2H3,(H,27,28,29,30)/b26-15+. The summed E-state index contributed by atoms with van der Waals surface area (Å²) >= 11 is 0. The molecule has 0 radical (unpaired) electrons. The fourth-order valence-electron chi connectivity index (χ4n) is 3.42. The number of benzene rings is 3. The van der Waals surface area contributed by atoms with Gasteiger partial charge in [0.2, 0.25) is 5.95 Å². The molecule has 0 bridgehead atoms. The zero-order valence-corrected chi connectivity index (χ0v) is 19.2. The molecule has 0 spiro atoms. The molecular weight excluding hydrogens is 444 g/mol. The van der Waals surface area contributed by atoms with Crippen molar-refractivity contribution in [2.45, 2.75) is 13.5 Å². The van der Waals surface area contributed by atoms with Crippen LogP contribution in [-0.4, -0.2) is 38.5 Å². The molecule has 0 saturated carbocycles. The topological polar surface area (TPSA) is 114 Å². The molecule has 0 atom stereocenters. The first-order valence-corrected chi connectivity index (χ1v) is 10.9. The van der Waals surface area contributed by atoms with E-state index in [1.54, 1.807) is 11.1 Å². The van der Waals surface area contributed by atoms with Crippen LogP contribution in [0.2, 0.25) is 0 Å². The SMILES string of the molecule is Cc1nonc1CN(C)c1nc(N/N=C/c2cccc3ccccc23)nc(Oc2ccccc2)n1. The lowest BCUT2D eigenvalue weighted by Gasteiger charge is -2.16. The Morgan fingerprint density at radius 3 is 2.57 bits per heavy atom. The van der Waals surface area contributed by atoms with Crippen LogP contribution in [0, 0.1) is 6.92 Å². The van der Waals surface area contributed by atoms with Gasteiger partial charge < -0.3 is 9.64 Å². The fraction of sp³-hybridized carbons (Fsp3) is 0.120. The van der Waals surface area contributed by atoms with E-state index in [0.717, 1.165) is 16.3 Å². The van der Waals surface area contributed by atoms with Gasteiger partial charge in [0.1, 0.15) is 17.1 Å². The molecule has 2 heterocycles. The normalized spacial score (nSPS) is 11.1. The number of hydrazone groups is 1. The van der Waals surface area contributed by atoms with Gasteiger partial charge in [-0.15, -0.1) is 0 Å². The summed E-state index contributed by atoms with van der Waals surface area (Å²) in [7, 11) is 1.83. The quantitative estimate of drug-likeness (QED) is 0.259. The molecule has 0 aliphatic heterocycles. The Hall–Kier alpha value is -4.86. The second-order valence-electron chi connectivity index (χ2n) is 7.75. The summed E-state index contributed by atoms with van der Waals surface area (Å²) in [4.78, 5) is 15.1. The maximum atomic E-state index is 5.86. The van der Waals surface area contributed by atoms with E-state index in [2.05, 4.69) is 54.0 Å². The second kappa shape index (κ2) is 9.96. The average Bonchev–Trinajstić information content (AvgIpc) is 3.28. The van der Waals surface area contributed by atoms with Crippen LogP contribution in [-0.2, 0) is 6.54 Å². The highest BCUT2D eigenvalue weighted by molar-refractivity contribution is 5.99. The molecule has 2 aromatic heterocycles. The van der Waals surface area contributed by atoms with E-state index in [1.165, 1.54) is 0 Å². The van der Waals surface area contributed by atoms with Gasteiger partial charge in [-0.2, -0.15) is 20.1 Å². The molecule has 174 valence electrons. The van der Waals surface area contributed by atoms with Gasteiger partial charge in [0.25, 0.3) is 5.95 Å². The molecule has 0 saturated heterocycles. The van der Waals surface area contributed by atoms with Gasteiger partial charge in [0, 0.05) is 12.6 Å². The van der Waals surface area contributed by atoms with E-state index < -0.39 is 0 Å². The lowest BCUT2D eigenvalue weighted by Crippen LogP contribution is -2.21. The van der Waals surface area contributed by atoms with E-state index in [9.17, 15) is 0 Å². The molecule has 5 rings (SSSR count). The number of nitrogens with zero attached hydrogens (tertiary/aromatic N) is 7. The molecule has 0 unspecified atom stereocenters. The van der Waals surface area contributed by atoms with Crippen molar-refractivity contribution >= 4 is 28.9 Å². The van der Waals surface area contributed by atoms with Gasteiger partial charge in [0.05, 0.1) is 12.8 Å². The number of aromatic nitrogens is 5. The maximum absolute atomic E-state index is 5.86.